The van der Waals surface area contributed by atoms with Crippen LogP contribution in [0.5, 0.6) is 5.75 Å². The molecule has 0 bridgehead atoms. The second-order valence-corrected chi connectivity index (χ2v) is 6.43. The number of benzene rings is 2. The highest BCUT2D eigenvalue weighted by atomic mass is 35.5. The molecule has 1 N–H and O–H groups in total. The van der Waals surface area contributed by atoms with Crippen molar-refractivity contribution in [3.63, 3.8) is 0 Å². The van der Waals surface area contributed by atoms with Crippen LogP contribution >= 0.6 is 11.6 Å². The van der Waals surface area contributed by atoms with Crippen molar-refractivity contribution in [3.8, 4) is 5.75 Å². The number of hydrogen-bond donors (Lipinski definition) is 1. The van der Waals surface area contributed by atoms with Gasteiger partial charge in [0.2, 0.25) is 5.91 Å². The number of nitrogens with zero attached hydrogens (tertiary/aromatic N) is 1. The number of carbonyl (C=O) groups is 1. The molecule has 2 aromatic rings. The van der Waals surface area contributed by atoms with Crippen molar-refractivity contribution in [2.24, 2.45) is 0 Å². The molecule has 0 radical (unpaired) electrons. The lowest BCUT2D eigenvalue weighted by atomic mass is 10.1. The number of likely N-dealkylation sites (N-methyl/N-ethyl adjacent to an activating group) is 1. The van der Waals surface area contributed by atoms with Gasteiger partial charge in [-0.2, -0.15) is 0 Å². The summed E-state index contributed by atoms with van der Waals surface area (Å²) in [5.41, 5.74) is 2.99. The van der Waals surface area contributed by atoms with Gasteiger partial charge in [-0.05, 0) is 42.3 Å². The first kappa shape index (κ1) is 16.7. The fourth-order valence-electron chi connectivity index (χ4n) is 2.83. The Hall–Kier alpha value is -2.20. The van der Waals surface area contributed by atoms with Crippen molar-refractivity contribution < 1.29 is 9.53 Å². The Morgan fingerprint density at radius 3 is 2.75 bits per heavy atom. The van der Waals surface area contributed by atoms with Gasteiger partial charge in [-0.3, -0.25) is 4.79 Å². The van der Waals surface area contributed by atoms with E-state index < -0.39 is 0 Å². The Morgan fingerprint density at radius 2 is 2.04 bits per heavy atom. The molecule has 0 spiro atoms. The van der Waals surface area contributed by atoms with E-state index in [0.717, 1.165) is 23.5 Å². The topological polar surface area (TPSA) is 41.6 Å². The molecule has 0 saturated carbocycles. The van der Waals surface area contributed by atoms with Crippen LogP contribution in [-0.2, 0) is 11.2 Å². The third-order valence-corrected chi connectivity index (χ3v) is 4.58. The molecule has 1 aliphatic rings. The number of anilines is 2. The molecule has 126 valence electrons. The predicted octanol–water partition coefficient (Wildman–Crippen LogP) is 4.13. The first-order valence-corrected chi connectivity index (χ1v) is 8.48. The summed E-state index contributed by atoms with van der Waals surface area (Å²) in [6.45, 7) is 2.59. The quantitative estimate of drug-likeness (QED) is 0.906. The average molecular weight is 345 g/mol. The molecule has 1 amide bonds. The molecular weight excluding hydrogens is 324 g/mol. The number of amides is 1. The van der Waals surface area contributed by atoms with E-state index in [1.165, 1.54) is 5.56 Å². The molecular formula is C19H21ClN2O2. The van der Waals surface area contributed by atoms with Crippen molar-refractivity contribution in [2.45, 2.75) is 25.8 Å². The highest BCUT2D eigenvalue weighted by Gasteiger charge is 2.27. The van der Waals surface area contributed by atoms with Crippen molar-refractivity contribution in [1.29, 1.82) is 0 Å². The Balaban J connectivity index is 1.64. The summed E-state index contributed by atoms with van der Waals surface area (Å²) in [5, 5.41) is 3.61. The second-order valence-electron chi connectivity index (χ2n) is 5.99. The summed E-state index contributed by atoms with van der Waals surface area (Å²) >= 11 is 6.07. The van der Waals surface area contributed by atoms with Gasteiger partial charge in [-0.15, -0.1) is 0 Å². The lowest BCUT2D eigenvalue weighted by Gasteiger charge is -2.35. The molecule has 2 aromatic carbocycles. The SMILES string of the molecule is CCc1ccc(NC(=O)C[C@H]2COc3ccc(Cl)cc3N2C)cc1. The van der Waals surface area contributed by atoms with Crippen molar-refractivity contribution >= 4 is 28.9 Å². The summed E-state index contributed by atoms with van der Waals surface area (Å²) in [4.78, 5) is 14.4. The minimum Gasteiger partial charge on any atom is -0.489 e. The minimum absolute atomic E-state index is 0.0223. The Morgan fingerprint density at radius 1 is 1.29 bits per heavy atom. The lowest BCUT2D eigenvalue weighted by Crippen LogP contribution is -2.42. The second kappa shape index (κ2) is 7.14. The molecule has 0 aromatic heterocycles. The zero-order valence-corrected chi connectivity index (χ0v) is 14.6. The van der Waals surface area contributed by atoms with Gasteiger partial charge in [0.1, 0.15) is 12.4 Å². The maximum Gasteiger partial charge on any atom is 0.226 e. The van der Waals surface area contributed by atoms with Crippen LogP contribution in [0.15, 0.2) is 42.5 Å². The molecule has 1 atom stereocenters. The predicted molar refractivity (Wildman–Crippen MR) is 98.2 cm³/mol. The van der Waals surface area contributed by atoms with E-state index >= 15 is 0 Å². The van der Waals surface area contributed by atoms with E-state index in [0.29, 0.717) is 18.1 Å². The number of fused-ring (bicyclic) bond motifs is 1. The standard InChI is InChI=1S/C19H21ClN2O2/c1-3-13-4-7-15(8-5-13)21-19(23)11-16-12-24-18-9-6-14(20)10-17(18)22(16)2/h4-10,16H,3,11-12H2,1-2H3,(H,21,23)/t16-/m0/s1. The van der Waals surface area contributed by atoms with Crippen LogP contribution in [0.2, 0.25) is 5.02 Å². The molecule has 0 aliphatic carbocycles. The minimum atomic E-state index is -0.0230. The molecule has 1 heterocycles. The van der Waals surface area contributed by atoms with E-state index in [-0.39, 0.29) is 11.9 Å². The Kier molecular flexibility index (Phi) is 4.95. The average Bonchev–Trinajstić information content (AvgIpc) is 2.58. The van der Waals surface area contributed by atoms with Crippen molar-refractivity contribution in [3.05, 3.63) is 53.1 Å². The zero-order chi connectivity index (χ0) is 17.1. The van der Waals surface area contributed by atoms with Crippen LogP contribution in [0.4, 0.5) is 11.4 Å². The highest BCUT2D eigenvalue weighted by Crippen LogP contribution is 2.35. The van der Waals surface area contributed by atoms with Gasteiger partial charge in [0.15, 0.2) is 0 Å². The number of nitrogens with one attached hydrogen (secondary N) is 1. The van der Waals surface area contributed by atoms with E-state index in [4.69, 9.17) is 16.3 Å². The third kappa shape index (κ3) is 3.65. The molecule has 4 nitrogen and oxygen atoms in total. The summed E-state index contributed by atoms with van der Waals surface area (Å²) in [6, 6.07) is 13.4. The van der Waals surface area contributed by atoms with E-state index in [9.17, 15) is 4.79 Å². The lowest BCUT2D eigenvalue weighted by molar-refractivity contribution is -0.116. The first-order valence-electron chi connectivity index (χ1n) is 8.11. The van der Waals surface area contributed by atoms with Gasteiger partial charge in [-0.25, -0.2) is 0 Å². The first-order chi connectivity index (χ1) is 11.6. The van der Waals surface area contributed by atoms with Gasteiger partial charge >= 0.3 is 0 Å². The number of aryl methyl sites for hydroxylation is 1. The summed E-state index contributed by atoms with van der Waals surface area (Å²) < 4.78 is 5.76. The Bertz CT molecular complexity index is 731. The smallest absolute Gasteiger partial charge is 0.226 e. The van der Waals surface area contributed by atoms with Gasteiger partial charge in [0.25, 0.3) is 0 Å². The van der Waals surface area contributed by atoms with Crippen molar-refractivity contribution in [1.82, 2.24) is 0 Å². The highest BCUT2D eigenvalue weighted by molar-refractivity contribution is 6.31. The van der Waals surface area contributed by atoms with Crippen LogP contribution in [-0.4, -0.2) is 25.6 Å². The maximum atomic E-state index is 12.3. The fourth-order valence-corrected chi connectivity index (χ4v) is 2.99. The summed E-state index contributed by atoms with van der Waals surface area (Å²) in [5.74, 6) is 0.777. The van der Waals surface area contributed by atoms with Gasteiger partial charge in [-0.1, -0.05) is 30.7 Å². The van der Waals surface area contributed by atoms with E-state index in [2.05, 4.69) is 17.1 Å². The third-order valence-electron chi connectivity index (χ3n) is 4.35. The Labute approximate surface area is 147 Å². The number of hydrogen-bond acceptors (Lipinski definition) is 3. The van der Waals surface area contributed by atoms with Crippen molar-refractivity contribution in [2.75, 3.05) is 23.9 Å². The molecule has 24 heavy (non-hydrogen) atoms. The largest absolute Gasteiger partial charge is 0.489 e. The molecule has 5 heteroatoms. The number of carbonyl (C=O) groups excluding carboxylic acids is 1. The molecule has 1 aliphatic heterocycles. The number of ether oxygens (including phenoxy) is 1. The maximum absolute atomic E-state index is 12.3. The molecule has 0 unspecified atom stereocenters. The number of rotatable bonds is 4. The van der Waals surface area contributed by atoms with Crippen LogP contribution in [0.3, 0.4) is 0 Å². The van der Waals surface area contributed by atoms with Gasteiger partial charge in [0.05, 0.1) is 18.2 Å². The monoisotopic (exact) mass is 344 g/mol. The van der Waals surface area contributed by atoms with Gasteiger partial charge < -0.3 is 15.0 Å². The van der Waals surface area contributed by atoms with Crippen LogP contribution in [0.25, 0.3) is 0 Å². The normalized spacial score (nSPS) is 16.3. The summed E-state index contributed by atoms with van der Waals surface area (Å²) in [6.07, 6.45) is 1.35. The van der Waals surface area contributed by atoms with Gasteiger partial charge in [0, 0.05) is 17.8 Å². The zero-order valence-electron chi connectivity index (χ0n) is 13.9. The van der Waals surface area contributed by atoms with Crippen LogP contribution in [0, 0.1) is 0 Å². The van der Waals surface area contributed by atoms with E-state index in [1.54, 1.807) is 6.07 Å². The van der Waals surface area contributed by atoms with Crippen LogP contribution < -0.4 is 15.0 Å². The van der Waals surface area contributed by atoms with E-state index in [1.807, 2.05) is 43.4 Å². The molecule has 0 fully saturated rings. The molecule has 3 rings (SSSR count). The number of halogens is 1. The van der Waals surface area contributed by atoms with Crippen LogP contribution in [0.1, 0.15) is 18.9 Å². The fraction of sp³-hybridized carbons (Fsp3) is 0.316. The molecule has 0 saturated heterocycles. The summed E-state index contributed by atoms with van der Waals surface area (Å²) in [7, 11) is 1.96.